The number of nitro benzene ring substituents is 1. The molecule has 0 bridgehead atoms. The van der Waals surface area contributed by atoms with Crippen LogP contribution in [0.4, 0.5) is 11.4 Å². The standard InChI is InChI=1S/C20H17N3O5/c1-2-28-20(25)14-7-9-17(18(11-14)23(26)27)22-21-12-16-15-6-4-3-5-13(15)8-10-19(16)24/h3-12,22,24H,2H2,1H3. The number of rotatable bonds is 6. The number of anilines is 1. The Bertz CT molecular complexity index is 1080. The molecule has 0 aliphatic carbocycles. The van der Waals surface area contributed by atoms with Gasteiger partial charge in [0.2, 0.25) is 0 Å². The summed E-state index contributed by atoms with van der Waals surface area (Å²) < 4.78 is 4.86. The Kier molecular flexibility index (Phi) is 5.50. The molecule has 0 unspecified atom stereocenters. The molecular formula is C20H17N3O5. The highest BCUT2D eigenvalue weighted by atomic mass is 16.6. The maximum atomic E-state index is 11.8. The molecule has 28 heavy (non-hydrogen) atoms. The van der Waals surface area contributed by atoms with Crippen molar-refractivity contribution in [1.29, 1.82) is 0 Å². The van der Waals surface area contributed by atoms with E-state index in [0.29, 0.717) is 5.56 Å². The first-order valence-corrected chi connectivity index (χ1v) is 8.46. The number of nitro groups is 1. The summed E-state index contributed by atoms with van der Waals surface area (Å²) in [5, 5.41) is 27.2. The first-order chi connectivity index (χ1) is 13.5. The Hall–Kier alpha value is -3.94. The number of fused-ring (bicyclic) bond motifs is 1. The van der Waals surface area contributed by atoms with Gasteiger partial charge in [-0.05, 0) is 35.9 Å². The summed E-state index contributed by atoms with van der Waals surface area (Å²) >= 11 is 0. The van der Waals surface area contributed by atoms with Crippen LogP contribution in [-0.4, -0.2) is 28.8 Å². The van der Waals surface area contributed by atoms with E-state index in [4.69, 9.17) is 4.74 Å². The van der Waals surface area contributed by atoms with Crippen molar-refractivity contribution in [2.75, 3.05) is 12.0 Å². The van der Waals surface area contributed by atoms with Gasteiger partial charge in [0.1, 0.15) is 11.4 Å². The minimum absolute atomic E-state index is 0.0383. The van der Waals surface area contributed by atoms with Crippen LogP contribution < -0.4 is 5.43 Å². The van der Waals surface area contributed by atoms with Crippen LogP contribution in [0, 0.1) is 10.1 Å². The number of ether oxygens (including phenoxy) is 1. The molecule has 0 amide bonds. The highest BCUT2D eigenvalue weighted by Crippen LogP contribution is 2.27. The molecule has 8 nitrogen and oxygen atoms in total. The second-order valence-electron chi connectivity index (χ2n) is 5.80. The third-order valence-corrected chi connectivity index (χ3v) is 4.03. The van der Waals surface area contributed by atoms with E-state index in [1.807, 2.05) is 24.3 Å². The van der Waals surface area contributed by atoms with E-state index in [-0.39, 0.29) is 29.3 Å². The van der Waals surface area contributed by atoms with Crippen molar-refractivity contribution in [3.05, 3.63) is 75.8 Å². The maximum Gasteiger partial charge on any atom is 0.338 e. The van der Waals surface area contributed by atoms with Crippen molar-refractivity contribution in [2.45, 2.75) is 6.92 Å². The van der Waals surface area contributed by atoms with E-state index in [1.165, 1.54) is 18.3 Å². The first kappa shape index (κ1) is 18.8. The molecule has 0 atom stereocenters. The Balaban J connectivity index is 1.90. The highest BCUT2D eigenvalue weighted by Gasteiger charge is 2.18. The van der Waals surface area contributed by atoms with E-state index in [1.54, 1.807) is 19.1 Å². The number of benzene rings is 3. The molecule has 0 spiro atoms. The van der Waals surface area contributed by atoms with Gasteiger partial charge in [-0.2, -0.15) is 5.10 Å². The van der Waals surface area contributed by atoms with Crippen molar-refractivity contribution in [3.8, 4) is 5.75 Å². The number of phenolic OH excluding ortho intramolecular Hbond substituents is 1. The zero-order chi connectivity index (χ0) is 20.1. The predicted octanol–water partition coefficient (Wildman–Crippen LogP) is 4.08. The van der Waals surface area contributed by atoms with Crippen LogP contribution in [0.5, 0.6) is 5.75 Å². The minimum Gasteiger partial charge on any atom is -0.507 e. The second-order valence-corrected chi connectivity index (χ2v) is 5.80. The van der Waals surface area contributed by atoms with Gasteiger partial charge in [-0.3, -0.25) is 15.5 Å². The van der Waals surface area contributed by atoms with Crippen LogP contribution in [0.2, 0.25) is 0 Å². The molecule has 2 N–H and O–H groups in total. The molecule has 0 aliphatic rings. The molecule has 3 aromatic carbocycles. The summed E-state index contributed by atoms with van der Waals surface area (Å²) in [5.41, 5.74) is 2.95. The predicted molar refractivity (Wildman–Crippen MR) is 106 cm³/mol. The molecule has 3 rings (SSSR count). The Morgan fingerprint density at radius 2 is 2.04 bits per heavy atom. The number of carbonyl (C=O) groups is 1. The Morgan fingerprint density at radius 1 is 1.25 bits per heavy atom. The monoisotopic (exact) mass is 379 g/mol. The number of nitrogens with zero attached hydrogens (tertiary/aromatic N) is 2. The summed E-state index contributed by atoms with van der Waals surface area (Å²) in [5.74, 6) is -0.599. The third kappa shape index (κ3) is 3.90. The van der Waals surface area contributed by atoms with E-state index in [2.05, 4.69) is 10.5 Å². The quantitative estimate of drug-likeness (QED) is 0.289. The molecule has 0 heterocycles. The van der Waals surface area contributed by atoms with E-state index in [9.17, 15) is 20.0 Å². The zero-order valence-corrected chi connectivity index (χ0v) is 15.0. The molecule has 8 heteroatoms. The Morgan fingerprint density at radius 3 is 2.79 bits per heavy atom. The number of hydrazone groups is 1. The van der Waals surface area contributed by atoms with Gasteiger partial charge in [0.15, 0.2) is 0 Å². The summed E-state index contributed by atoms with van der Waals surface area (Å²) in [6.07, 6.45) is 1.39. The van der Waals surface area contributed by atoms with Crippen LogP contribution in [0.15, 0.2) is 59.7 Å². The smallest absolute Gasteiger partial charge is 0.338 e. The van der Waals surface area contributed by atoms with Crippen LogP contribution in [0.3, 0.4) is 0 Å². The number of hydrogen-bond acceptors (Lipinski definition) is 7. The lowest BCUT2D eigenvalue weighted by atomic mass is 10.0. The van der Waals surface area contributed by atoms with Crippen LogP contribution >= 0.6 is 0 Å². The van der Waals surface area contributed by atoms with E-state index in [0.717, 1.165) is 16.8 Å². The van der Waals surface area contributed by atoms with Crippen LogP contribution in [0.1, 0.15) is 22.8 Å². The molecular weight excluding hydrogens is 362 g/mol. The van der Waals surface area contributed by atoms with Gasteiger partial charge < -0.3 is 9.84 Å². The van der Waals surface area contributed by atoms with Gasteiger partial charge >= 0.3 is 5.97 Å². The van der Waals surface area contributed by atoms with Crippen molar-refractivity contribution < 1.29 is 19.6 Å². The molecule has 0 fully saturated rings. The average Bonchev–Trinajstić information content (AvgIpc) is 2.69. The molecule has 3 aromatic rings. The average molecular weight is 379 g/mol. The number of phenols is 1. The van der Waals surface area contributed by atoms with Gasteiger partial charge in [-0.15, -0.1) is 0 Å². The summed E-state index contributed by atoms with van der Waals surface area (Å²) in [6.45, 7) is 1.82. The summed E-state index contributed by atoms with van der Waals surface area (Å²) in [6, 6.07) is 14.7. The lowest BCUT2D eigenvalue weighted by Crippen LogP contribution is -2.06. The largest absolute Gasteiger partial charge is 0.507 e. The van der Waals surface area contributed by atoms with Gasteiger partial charge in [-0.1, -0.05) is 30.3 Å². The van der Waals surface area contributed by atoms with E-state index < -0.39 is 10.9 Å². The lowest BCUT2D eigenvalue weighted by Gasteiger charge is -2.06. The summed E-state index contributed by atoms with van der Waals surface area (Å²) in [4.78, 5) is 22.5. The molecule has 0 saturated heterocycles. The highest BCUT2D eigenvalue weighted by molar-refractivity contribution is 6.02. The molecule has 0 saturated carbocycles. The molecule has 0 aliphatic heterocycles. The fourth-order valence-electron chi connectivity index (χ4n) is 2.70. The van der Waals surface area contributed by atoms with Crippen LogP contribution in [0.25, 0.3) is 10.8 Å². The number of aromatic hydroxyl groups is 1. The number of esters is 1. The Labute approximate surface area is 160 Å². The number of carbonyl (C=O) groups excluding carboxylic acids is 1. The first-order valence-electron chi connectivity index (χ1n) is 8.46. The third-order valence-electron chi connectivity index (χ3n) is 4.03. The fourth-order valence-corrected chi connectivity index (χ4v) is 2.70. The fraction of sp³-hybridized carbons (Fsp3) is 0.100. The van der Waals surface area contributed by atoms with Crippen molar-refractivity contribution >= 4 is 34.3 Å². The number of nitrogens with one attached hydrogen (secondary N) is 1. The maximum absolute atomic E-state index is 11.8. The van der Waals surface area contributed by atoms with Gasteiger partial charge in [0.05, 0.1) is 23.3 Å². The topological polar surface area (TPSA) is 114 Å². The SMILES string of the molecule is CCOC(=O)c1ccc(NN=Cc2c(O)ccc3ccccc23)c([N+](=O)[O-])c1. The number of hydrogen-bond donors (Lipinski definition) is 2. The van der Waals surface area contributed by atoms with Gasteiger partial charge in [0, 0.05) is 11.6 Å². The van der Waals surface area contributed by atoms with Crippen molar-refractivity contribution in [3.63, 3.8) is 0 Å². The van der Waals surface area contributed by atoms with E-state index >= 15 is 0 Å². The van der Waals surface area contributed by atoms with Gasteiger partial charge in [0.25, 0.3) is 5.69 Å². The van der Waals surface area contributed by atoms with Crippen molar-refractivity contribution in [1.82, 2.24) is 0 Å². The second kappa shape index (κ2) is 8.17. The van der Waals surface area contributed by atoms with Crippen molar-refractivity contribution in [2.24, 2.45) is 5.10 Å². The summed E-state index contributed by atoms with van der Waals surface area (Å²) in [7, 11) is 0. The minimum atomic E-state index is -0.638. The zero-order valence-electron chi connectivity index (χ0n) is 15.0. The van der Waals surface area contributed by atoms with Crippen LogP contribution in [-0.2, 0) is 4.74 Å². The molecule has 142 valence electrons. The normalized spacial score (nSPS) is 10.9. The van der Waals surface area contributed by atoms with Gasteiger partial charge in [-0.25, -0.2) is 4.79 Å². The lowest BCUT2D eigenvalue weighted by molar-refractivity contribution is -0.384. The molecule has 0 aromatic heterocycles. The molecule has 0 radical (unpaired) electrons.